The summed E-state index contributed by atoms with van der Waals surface area (Å²) in [4.78, 5) is 33.6. The average molecular weight is 443 g/mol. The van der Waals surface area contributed by atoms with E-state index in [9.17, 15) is 23.6 Å². The Balaban J connectivity index is 1.57. The van der Waals surface area contributed by atoms with E-state index in [1.54, 1.807) is 0 Å². The molecule has 1 fully saturated rings. The lowest BCUT2D eigenvalue weighted by Crippen LogP contribution is -2.40. The molecule has 0 aromatic carbocycles. The van der Waals surface area contributed by atoms with Gasteiger partial charge in [0.25, 0.3) is 6.43 Å². The van der Waals surface area contributed by atoms with E-state index in [0.717, 1.165) is 0 Å². The first-order chi connectivity index (χ1) is 15.5. The quantitative estimate of drug-likeness (QED) is 0.705. The van der Waals surface area contributed by atoms with Crippen LogP contribution in [-0.2, 0) is 11.2 Å². The number of urea groups is 1. The molecule has 11 heteroatoms. The number of amides is 2. The first kappa shape index (κ1) is 21.6. The van der Waals surface area contributed by atoms with Crippen LogP contribution < -0.4 is 15.0 Å². The number of fused-ring (bicyclic) bond motifs is 1. The van der Waals surface area contributed by atoms with Gasteiger partial charge in [0, 0.05) is 24.6 Å². The van der Waals surface area contributed by atoms with Gasteiger partial charge in [-0.05, 0) is 24.5 Å². The zero-order valence-electron chi connectivity index (χ0n) is 16.9. The highest BCUT2D eigenvalue weighted by atomic mass is 19.3. The van der Waals surface area contributed by atoms with Gasteiger partial charge in [-0.25, -0.2) is 23.5 Å². The van der Waals surface area contributed by atoms with Gasteiger partial charge in [-0.2, -0.15) is 5.26 Å². The van der Waals surface area contributed by atoms with Crippen LogP contribution in [0.2, 0.25) is 0 Å². The predicted molar refractivity (Wildman–Crippen MR) is 108 cm³/mol. The second-order valence-electron chi connectivity index (χ2n) is 7.33. The van der Waals surface area contributed by atoms with Crippen molar-refractivity contribution in [3.63, 3.8) is 0 Å². The lowest BCUT2D eigenvalue weighted by molar-refractivity contribution is 0.110. The number of carbonyl (C=O) groups excluding carboxylic acids is 2. The highest BCUT2D eigenvalue weighted by Gasteiger charge is 2.28. The molecule has 9 nitrogen and oxygen atoms in total. The molecule has 0 aliphatic carbocycles. The zero-order valence-corrected chi connectivity index (χ0v) is 16.9. The van der Waals surface area contributed by atoms with Gasteiger partial charge >= 0.3 is 6.03 Å². The average Bonchev–Trinajstić information content (AvgIpc) is 3.31. The normalized spacial score (nSPS) is 17.6. The van der Waals surface area contributed by atoms with Crippen molar-refractivity contribution < 1.29 is 27.8 Å². The fourth-order valence-corrected chi connectivity index (χ4v) is 3.64. The molecule has 1 atom stereocenters. The number of nitriles is 1. The number of ether oxygens (including phenoxy) is 2. The third-order valence-electron chi connectivity index (χ3n) is 5.22. The highest BCUT2D eigenvalue weighted by molar-refractivity contribution is 6.01. The Bertz CT molecular complexity index is 1080. The minimum absolute atomic E-state index is 0.148. The summed E-state index contributed by atoms with van der Waals surface area (Å²) in [5.74, 6) is 0.582. The Labute approximate surface area is 182 Å². The first-order valence-electron chi connectivity index (χ1n) is 10.0. The van der Waals surface area contributed by atoms with Crippen molar-refractivity contribution in [2.45, 2.75) is 31.8 Å². The molecule has 0 radical (unpaired) electrons. The number of hydrogen-bond acceptors (Lipinski definition) is 7. The fourth-order valence-electron chi connectivity index (χ4n) is 3.64. The van der Waals surface area contributed by atoms with Crippen molar-refractivity contribution in [1.29, 1.82) is 5.26 Å². The topological polar surface area (TPSA) is 117 Å². The number of nitrogens with one attached hydrogen (secondary N) is 1. The molecule has 2 aliphatic heterocycles. The van der Waals surface area contributed by atoms with Crippen LogP contribution in [0.5, 0.6) is 5.75 Å². The molecular weight excluding hydrogens is 424 g/mol. The molecule has 2 aliphatic rings. The van der Waals surface area contributed by atoms with E-state index in [0.29, 0.717) is 38.0 Å². The number of nitrogens with zero attached hydrogens (tertiary/aromatic N) is 4. The molecule has 4 rings (SSSR count). The molecule has 2 aromatic heterocycles. The maximum Gasteiger partial charge on any atom is 0.328 e. The number of rotatable bonds is 5. The highest BCUT2D eigenvalue weighted by Crippen LogP contribution is 2.32. The zero-order chi connectivity index (χ0) is 22.7. The SMILES string of the molecule is N#Cc1cnc(NC(=O)N2CCCc3cc(C(F)F)c(C=O)nc32)cc1OC1CCOC1. The van der Waals surface area contributed by atoms with Gasteiger partial charge in [-0.3, -0.25) is 15.0 Å². The molecule has 2 aromatic rings. The van der Waals surface area contributed by atoms with Crippen molar-refractivity contribution in [3.8, 4) is 11.8 Å². The smallest absolute Gasteiger partial charge is 0.328 e. The summed E-state index contributed by atoms with van der Waals surface area (Å²) in [5, 5.41) is 11.9. The van der Waals surface area contributed by atoms with E-state index in [1.807, 2.05) is 6.07 Å². The molecule has 0 saturated carbocycles. The molecule has 0 bridgehead atoms. The maximum atomic E-state index is 13.2. The Morgan fingerprint density at radius 3 is 2.97 bits per heavy atom. The fraction of sp³-hybridized carbons (Fsp3) is 0.381. The van der Waals surface area contributed by atoms with E-state index in [4.69, 9.17) is 9.47 Å². The van der Waals surface area contributed by atoms with Gasteiger partial charge in [-0.15, -0.1) is 0 Å². The third kappa shape index (κ3) is 4.36. The number of aryl methyl sites for hydroxylation is 1. The van der Waals surface area contributed by atoms with E-state index < -0.39 is 23.7 Å². The second kappa shape index (κ2) is 9.23. The standard InChI is InChI=1S/C21H19F2N5O4/c22-19(23)15-6-12-2-1-4-28(20(12)26-16(15)10-29)21(30)27-18-7-17(13(8-24)9-25-18)32-14-3-5-31-11-14/h6-7,9-10,14,19H,1-5,11H2,(H,25,27,30). The van der Waals surface area contributed by atoms with Crippen LogP contribution in [0.15, 0.2) is 18.3 Å². The van der Waals surface area contributed by atoms with Gasteiger partial charge in [0.15, 0.2) is 6.29 Å². The van der Waals surface area contributed by atoms with Crippen molar-refractivity contribution in [1.82, 2.24) is 9.97 Å². The van der Waals surface area contributed by atoms with Crippen LogP contribution >= 0.6 is 0 Å². The van der Waals surface area contributed by atoms with Crippen molar-refractivity contribution in [3.05, 3.63) is 40.7 Å². The minimum atomic E-state index is -2.84. The van der Waals surface area contributed by atoms with Crippen LogP contribution in [0.1, 0.15) is 46.4 Å². The summed E-state index contributed by atoms with van der Waals surface area (Å²) in [5.41, 5.74) is -0.169. The van der Waals surface area contributed by atoms with Gasteiger partial charge in [0.05, 0.1) is 19.4 Å². The Kier molecular flexibility index (Phi) is 6.23. The van der Waals surface area contributed by atoms with Crippen LogP contribution in [-0.4, -0.2) is 48.1 Å². The minimum Gasteiger partial charge on any atom is -0.486 e. The molecule has 0 spiro atoms. The van der Waals surface area contributed by atoms with Crippen LogP contribution in [0, 0.1) is 11.3 Å². The van der Waals surface area contributed by atoms with Crippen molar-refractivity contribution in [2.24, 2.45) is 0 Å². The number of anilines is 2. The lowest BCUT2D eigenvalue weighted by Gasteiger charge is -2.29. The third-order valence-corrected chi connectivity index (χ3v) is 5.22. The second-order valence-corrected chi connectivity index (χ2v) is 7.33. The molecule has 1 saturated heterocycles. The largest absolute Gasteiger partial charge is 0.486 e. The van der Waals surface area contributed by atoms with Crippen LogP contribution in [0.25, 0.3) is 0 Å². The van der Waals surface area contributed by atoms with Crippen molar-refractivity contribution in [2.75, 3.05) is 30.0 Å². The van der Waals surface area contributed by atoms with E-state index in [1.165, 1.54) is 23.2 Å². The lowest BCUT2D eigenvalue weighted by atomic mass is 10.0. The summed E-state index contributed by atoms with van der Waals surface area (Å²) in [6.45, 7) is 1.26. The van der Waals surface area contributed by atoms with Gasteiger partial charge in [-0.1, -0.05) is 0 Å². The maximum absolute atomic E-state index is 13.2. The number of carbonyl (C=O) groups is 2. The Hall–Kier alpha value is -3.65. The molecule has 2 amide bonds. The van der Waals surface area contributed by atoms with E-state index in [2.05, 4.69) is 15.3 Å². The molecule has 166 valence electrons. The monoisotopic (exact) mass is 443 g/mol. The molecule has 32 heavy (non-hydrogen) atoms. The van der Waals surface area contributed by atoms with Gasteiger partial charge < -0.3 is 9.47 Å². The van der Waals surface area contributed by atoms with Gasteiger partial charge in [0.1, 0.15) is 40.8 Å². The molecular formula is C21H19F2N5O4. The summed E-state index contributed by atoms with van der Waals surface area (Å²) in [6, 6.07) is 4.08. The molecule has 1 N–H and O–H groups in total. The van der Waals surface area contributed by atoms with Crippen LogP contribution in [0.4, 0.5) is 25.2 Å². The summed E-state index contributed by atoms with van der Waals surface area (Å²) >= 11 is 0. The molecule has 1 unspecified atom stereocenters. The Morgan fingerprint density at radius 1 is 1.44 bits per heavy atom. The summed E-state index contributed by atoms with van der Waals surface area (Å²) < 4.78 is 37.5. The van der Waals surface area contributed by atoms with E-state index in [-0.39, 0.29) is 41.9 Å². The summed E-state index contributed by atoms with van der Waals surface area (Å²) in [7, 11) is 0. The number of aldehydes is 1. The number of pyridine rings is 2. The van der Waals surface area contributed by atoms with Crippen LogP contribution in [0.3, 0.4) is 0 Å². The number of aromatic nitrogens is 2. The molecule has 4 heterocycles. The van der Waals surface area contributed by atoms with Crippen molar-refractivity contribution >= 4 is 24.0 Å². The number of halogens is 2. The predicted octanol–water partition coefficient (Wildman–Crippen LogP) is 3.25. The van der Waals surface area contributed by atoms with Gasteiger partial charge in [0.2, 0.25) is 0 Å². The number of alkyl halides is 2. The summed E-state index contributed by atoms with van der Waals surface area (Å²) in [6.07, 6.45) is 0.197. The first-order valence-corrected chi connectivity index (χ1v) is 10.0. The number of hydrogen-bond donors (Lipinski definition) is 1. The van der Waals surface area contributed by atoms with E-state index >= 15 is 0 Å². The Morgan fingerprint density at radius 2 is 2.28 bits per heavy atom.